The van der Waals surface area contributed by atoms with Crippen molar-refractivity contribution >= 4 is 33.9 Å². The van der Waals surface area contributed by atoms with E-state index in [0.29, 0.717) is 19.5 Å². The van der Waals surface area contributed by atoms with Gasteiger partial charge in [-0.3, -0.25) is 4.98 Å². The quantitative estimate of drug-likeness (QED) is 0.716. The summed E-state index contributed by atoms with van der Waals surface area (Å²) in [6, 6.07) is 3.86. The third-order valence-corrected chi connectivity index (χ3v) is 4.94. The van der Waals surface area contributed by atoms with Crippen molar-refractivity contribution in [3.05, 3.63) is 36.3 Å². The number of H-pyrrole nitrogens is 1. The Morgan fingerprint density at radius 3 is 2.96 bits per heavy atom. The van der Waals surface area contributed by atoms with Crippen LogP contribution in [0.1, 0.15) is 17.9 Å². The lowest BCUT2D eigenvalue weighted by atomic mass is 9.94. The van der Waals surface area contributed by atoms with Gasteiger partial charge in [0.15, 0.2) is 0 Å². The fourth-order valence-corrected chi connectivity index (χ4v) is 3.98. The Labute approximate surface area is 134 Å². The molecule has 4 rings (SSSR count). The summed E-state index contributed by atoms with van der Waals surface area (Å²) in [6.45, 7) is 0.817. The van der Waals surface area contributed by atoms with Crippen LogP contribution in [0.4, 0.5) is 13.2 Å². The average molecular weight is 338 g/mol. The Morgan fingerprint density at radius 2 is 2.13 bits per heavy atom. The zero-order valence-electron chi connectivity index (χ0n) is 12.0. The Bertz CT molecular complexity index is 861. The highest BCUT2D eigenvalue weighted by atomic mass is 32.2. The third-order valence-electron chi connectivity index (χ3n) is 4.15. The summed E-state index contributed by atoms with van der Waals surface area (Å²) in [5.74, 6) is 0.0656. The Hall–Kier alpha value is -1.80. The van der Waals surface area contributed by atoms with Gasteiger partial charge < -0.3 is 4.98 Å². The van der Waals surface area contributed by atoms with Crippen LogP contribution in [0.25, 0.3) is 21.9 Å². The van der Waals surface area contributed by atoms with Crippen LogP contribution in [0.15, 0.2) is 30.7 Å². The molecule has 1 fully saturated rings. The standard InChI is InChI=1S/C15H13F3N4S/c16-15(17,18)23-22-6-3-9(8-22)10-1-4-19-12-7-21-14-11(13(10)12)2-5-20-14/h1-2,4-5,7,9H,3,6,8H2,(H,20,21). The van der Waals surface area contributed by atoms with E-state index in [1.54, 1.807) is 12.4 Å². The monoisotopic (exact) mass is 338 g/mol. The van der Waals surface area contributed by atoms with Crippen LogP contribution >= 0.6 is 11.9 Å². The number of fused-ring (bicyclic) bond motifs is 3. The summed E-state index contributed by atoms with van der Waals surface area (Å²) < 4.78 is 39.1. The Balaban J connectivity index is 1.73. The highest BCUT2D eigenvalue weighted by Crippen LogP contribution is 2.41. The van der Waals surface area contributed by atoms with Crippen molar-refractivity contribution in [2.24, 2.45) is 0 Å². The minimum Gasteiger partial charge on any atom is -0.346 e. The molecule has 1 N–H and O–H groups in total. The van der Waals surface area contributed by atoms with Crippen LogP contribution in [0.5, 0.6) is 0 Å². The van der Waals surface area contributed by atoms with Gasteiger partial charge in [-0.05, 0) is 30.0 Å². The number of aromatic nitrogens is 3. The van der Waals surface area contributed by atoms with Gasteiger partial charge >= 0.3 is 5.51 Å². The van der Waals surface area contributed by atoms with Crippen molar-refractivity contribution < 1.29 is 13.2 Å². The first-order valence-corrected chi connectivity index (χ1v) is 8.00. The Morgan fingerprint density at radius 1 is 1.26 bits per heavy atom. The number of nitrogens with zero attached hydrogens (tertiary/aromatic N) is 3. The van der Waals surface area contributed by atoms with Crippen molar-refractivity contribution in [1.29, 1.82) is 0 Å². The maximum Gasteiger partial charge on any atom is 0.456 e. The molecule has 23 heavy (non-hydrogen) atoms. The maximum absolute atomic E-state index is 12.6. The van der Waals surface area contributed by atoms with Crippen LogP contribution in [-0.2, 0) is 0 Å². The van der Waals surface area contributed by atoms with Gasteiger partial charge in [-0.25, -0.2) is 9.29 Å². The van der Waals surface area contributed by atoms with E-state index in [4.69, 9.17) is 0 Å². The maximum atomic E-state index is 12.6. The van der Waals surface area contributed by atoms with Gasteiger partial charge in [0.05, 0.1) is 11.7 Å². The van der Waals surface area contributed by atoms with Gasteiger partial charge in [-0.2, -0.15) is 13.2 Å². The van der Waals surface area contributed by atoms with Crippen LogP contribution in [0.2, 0.25) is 0 Å². The average Bonchev–Trinajstić information content (AvgIpc) is 3.13. The number of pyridine rings is 2. The fraction of sp³-hybridized carbons (Fsp3) is 0.333. The molecular formula is C15H13F3N4S. The number of alkyl halides is 3. The molecule has 1 aliphatic rings. The molecule has 1 unspecified atom stereocenters. The lowest BCUT2D eigenvalue weighted by molar-refractivity contribution is -0.0359. The summed E-state index contributed by atoms with van der Waals surface area (Å²) >= 11 is -0.0274. The molecule has 0 saturated carbocycles. The number of rotatable bonds is 2. The van der Waals surface area contributed by atoms with Crippen molar-refractivity contribution in [2.75, 3.05) is 13.1 Å². The minimum atomic E-state index is -4.23. The normalized spacial score (nSPS) is 19.9. The molecule has 0 aromatic carbocycles. The van der Waals surface area contributed by atoms with Crippen LogP contribution in [0, 0.1) is 0 Å². The van der Waals surface area contributed by atoms with E-state index >= 15 is 0 Å². The molecule has 0 spiro atoms. The molecule has 4 nitrogen and oxygen atoms in total. The lowest BCUT2D eigenvalue weighted by Gasteiger charge is -2.17. The summed E-state index contributed by atoms with van der Waals surface area (Å²) in [5, 5.41) is 1.95. The minimum absolute atomic E-state index is 0.0274. The molecule has 0 aliphatic carbocycles. The predicted octanol–water partition coefficient (Wildman–Crippen LogP) is 4.07. The van der Waals surface area contributed by atoms with Crippen molar-refractivity contribution in [2.45, 2.75) is 17.8 Å². The number of halogens is 3. The van der Waals surface area contributed by atoms with Gasteiger partial charge in [0, 0.05) is 48.2 Å². The number of nitrogens with one attached hydrogen (secondary N) is 1. The van der Waals surface area contributed by atoms with E-state index < -0.39 is 5.51 Å². The first-order valence-electron chi connectivity index (χ1n) is 7.23. The van der Waals surface area contributed by atoms with Crippen LogP contribution in [0.3, 0.4) is 0 Å². The SMILES string of the molecule is FC(F)(F)SN1CCC(c2ccnc3cnc4[nH]ccc4c23)C1. The first-order chi connectivity index (χ1) is 11.0. The van der Waals surface area contributed by atoms with Crippen molar-refractivity contribution in [3.8, 4) is 0 Å². The highest BCUT2D eigenvalue weighted by Gasteiger charge is 2.36. The topological polar surface area (TPSA) is 44.8 Å². The van der Waals surface area contributed by atoms with E-state index in [1.165, 1.54) is 4.31 Å². The van der Waals surface area contributed by atoms with Gasteiger partial charge in [0.25, 0.3) is 0 Å². The molecule has 0 amide bonds. The van der Waals surface area contributed by atoms with E-state index in [-0.39, 0.29) is 17.9 Å². The fourth-order valence-electron chi connectivity index (χ4n) is 3.23. The van der Waals surface area contributed by atoms with Gasteiger partial charge in [-0.1, -0.05) is 0 Å². The van der Waals surface area contributed by atoms with Crippen LogP contribution in [-0.4, -0.2) is 37.9 Å². The van der Waals surface area contributed by atoms with Gasteiger partial charge in [-0.15, -0.1) is 0 Å². The second-order valence-electron chi connectivity index (χ2n) is 5.57. The van der Waals surface area contributed by atoms with E-state index in [0.717, 1.165) is 27.5 Å². The second-order valence-corrected chi connectivity index (χ2v) is 6.73. The Kier molecular flexibility index (Phi) is 3.46. The molecule has 0 radical (unpaired) electrons. The van der Waals surface area contributed by atoms with Gasteiger partial charge in [0.2, 0.25) is 0 Å². The number of hydrogen-bond donors (Lipinski definition) is 1. The smallest absolute Gasteiger partial charge is 0.346 e. The number of aromatic amines is 1. The zero-order chi connectivity index (χ0) is 16.0. The van der Waals surface area contributed by atoms with E-state index in [9.17, 15) is 13.2 Å². The largest absolute Gasteiger partial charge is 0.456 e. The molecular weight excluding hydrogens is 325 g/mol. The third kappa shape index (κ3) is 2.76. The van der Waals surface area contributed by atoms with Gasteiger partial charge in [0.1, 0.15) is 5.65 Å². The van der Waals surface area contributed by atoms with Crippen molar-refractivity contribution in [1.82, 2.24) is 19.3 Å². The molecule has 0 bridgehead atoms. The number of hydrogen-bond acceptors (Lipinski definition) is 4. The first kappa shape index (κ1) is 14.8. The summed E-state index contributed by atoms with van der Waals surface area (Å²) in [4.78, 5) is 11.7. The molecule has 3 aromatic rings. The lowest BCUT2D eigenvalue weighted by Crippen LogP contribution is -2.18. The molecule has 1 atom stereocenters. The second kappa shape index (κ2) is 5.38. The van der Waals surface area contributed by atoms with E-state index in [1.807, 2.05) is 18.3 Å². The molecule has 8 heteroatoms. The van der Waals surface area contributed by atoms with Crippen molar-refractivity contribution in [3.63, 3.8) is 0 Å². The summed E-state index contributed by atoms with van der Waals surface area (Å²) in [6.07, 6.45) is 5.93. The molecule has 1 saturated heterocycles. The summed E-state index contributed by atoms with van der Waals surface area (Å²) in [5.41, 5.74) is -1.64. The van der Waals surface area contributed by atoms with E-state index in [2.05, 4.69) is 15.0 Å². The highest BCUT2D eigenvalue weighted by molar-refractivity contribution is 7.97. The summed E-state index contributed by atoms with van der Waals surface area (Å²) in [7, 11) is 0. The molecule has 120 valence electrons. The molecule has 1 aliphatic heterocycles. The molecule has 4 heterocycles. The van der Waals surface area contributed by atoms with Crippen LogP contribution < -0.4 is 0 Å². The predicted molar refractivity (Wildman–Crippen MR) is 84.0 cm³/mol. The molecule has 3 aromatic heterocycles. The zero-order valence-corrected chi connectivity index (χ0v) is 12.8.